The third-order valence-corrected chi connectivity index (χ3v) is 23.0. The highest BCUT2D eigenvalue weighted by Crippen LogP contribution is 2.44. The van der Waals surface area contributed by atoms with Crippen LogP contribution in [0.1, 0.15) is 38.8 Å². The lowest BCUT2D eigenvalue weighted by Gasteiger charge is -2.32. The molecule has 0 amide bonds. The minimum atomic E-state index is -0.408. The topological polar surface area (TPSA) is 147 Å². The lowest BCUT2D eigenvalue weighted by Crippen LogP contribution is -2.41. The number of para-hydroxylation sites is 14. The molecule has 0 aliphatic carbocycles. The molecule has 16 heteroatoms. The van der Waals surface area contributed by atoms with Crippen molar-refractivity contribution in [3.63, 3.8) is 0 Å². The van der Waals surface area contributed by atoms with Gasteiger partial charge in [-0.05, 0) is 200 Å². The average Bonchev–Trinajstić information content (AvgIpc) is 1.57. The maximum Gasteiger partial charge on any atom is 0.494 e. The smallest absolute Gasteiger partial charge is 0.456 e. The molecule has 1 fully saturated rings. The minimum absolute atomic E-state index is 0.380. The number of hydrogen-bond acceptors (Lipinski definition) is 8. The van der Waals surface area contributed by atoms with E-state index in [-0.39, 0.29) is 11.2 Å². The quantitative estimate of drug-likeness (QED) is 0.150. The number of aromatic nitrogens is 8. The Morgan fingerprint density at radius 1 is 0.336 bits per heavy atom. The van der Waals surface area contributed by atoms with Crippen LogP contribution in [0.5, 0.6) is 0 Å². The average molecular weight is 1490 g/mol. The number of halogens is 1. The summed E-state index contributed by atoms with van der Waals surface area (Å²) in [5, 5.41) is 29.3. The van der Waals surface area contributed by atoms with Gasteiger partial charge in [0.25, 0.3) is 0 Å². The van der Waals surface area contributed by atoms with Crippen molar-refractivity contribution in [3.8, 4) is 46.0 Å². The summed E-state index contributed by atoms with van der Waals surface area (Å²) in [4.78, 5) is 9.94. The van der Waals surface area contributed by atoms with Crippen LogP contribution in [0.4, 0.5) is 0 Å². The second-order valence-electron chi connectivity index (χ2n) is 29.0. The van der Waals surface area contributed by atoms with Gasteiger partial charge in [0.2, 0.25) is 11.6 Å². The molecule has 1 aliphatic rings. The molecule has 23 rings (SSSR count). The van der Waals surface area contributed by atoms with Gasteiger partial charge >= 0.3 is 7.12 Å². The van der Waals surface area contributed by atoms with Crippen LogP contribution in [0.3, 0.4) is 0 Å². The Labute approximate surface area is 637 Å². The molecule has 0 N–H and O–H groups in total. The summed E-state index contributed by atoms with van der Waals surface area (Å²) in [6, 6.07) is 109. The summed E-state index contributed by atoms with van der Waals surface area (Å²) in [5.41, 5.74) is 23.2. The summed E-state index contributed by atoms with van der Waals surface area (Å²) in [6.45, 7) is 8.32. The van der Waals surface area contributed by atoms with Crippen molar-refractivity contribution in [2.24, 2.45) is 0 Å². The molecular formula is C94H62BBrN10O4. The zero-order chi connectivity index (χ0) is 73.8. The fourth-order valence-electron chi connectivity index (χ4n) is 16.6. The van der Waals surface area contributed by atoms with Gasteiger partial charge in [0.1, 0.15) is 34.5 Å². The molecule has 1 saturated heterocycles. The normalized spacial score (nSPS) is 13.5. The second-order valence-corrected chi connectivity index (χ2v) is 29.9. The molecule has 9 heterocycles. The second kappa shape index (κ2) is 24.7. The van der Waals surface area contributed by atoms with Crippen LogP contribution in [0, 0.1) is 22.7 Å². The number of fused-ring (bicyclic) bond motifs is 22. The number of rotatable bonds is 6. The summed E-state index contributed by atoms with van der Waals surface area (Å²) < 4.78 is 39.3. The summed E-state index contributed by atoms with van der Waals surface area (Å²) in [5.74, 6) is 1.56. The highest BCUT2D eigenvalue weighted by Gasteiger charge is 2.52. The number of nitrogens with zero attached hydrogens (tertiary/aromatic N) is 10. The van der Waals surface area contributed by atoms with Crippen LogP contribution in [-0.2, 0) is 9.31 Å². The zero-order valence-electron chi connectivity index (χ0n) is 59.9. The Morgan fingerprint density at radius 3 is 1.18 bits per heavy atom. The van der Waals surface area contributed by atoms with Gasteiger partial charge in [-0.2, -0.15) is 10.5 Å². The predicted molar refractivity (Wildman–Crippen MR) is 447 cm³/mol. The van der Waals surface area contributed by atoms with E-state index >= 15 is 0 Å². The van der Waals surface area contributed by atoms with E-state index < -0.39 is 7.12 Å². The van der Waals surface area contributed by atoms with E-state index in [0.29, 0.717) is 11.1 Å². The van der Waals surface area contributed by atoms with Crippen molar-refractivity contribution >= 4 is 172 Å². The van der Waals surface area contributed by atoms with E-state index in [0.717, 1.165) is 154 Å². The van der Waals surface area contributed by atoms with Crippen LogP contribution in [0.15, 0.2) is 317 Å². The maximum absolute atomic E-state index is 10.5. The fourth-order valence-corrected chi connectivity index (χ4v) is 17.1. The maximum atomic E-state index is 10.5. The highest BCUT2D eigenvalue weighted by atomic mass is 79.9. The largest absolute Gasteiger partial charge is 0.494 e. The first kappa shape index (κ1) is 64.6. The van der Waals surface area contributed by atoms with Gasteiger partial charge in [-0.1, -0.05) is 158 Å². The molecule has 0 saturated carbocycles. The van der Waals surface area contributed by atoms with E-state index in [4.69, 9.17) is 28.1 Å². The van der Waals surface area contributed by atoms with E-state index in [1.807, 2.05) is 109 Å². The number of imidazole rings is 4. The van der Waals surface area contributed by atoms with Gasteiger partial charge in [-0.3, -0.25) is 17.9 Å². The van der Waals surface area contributed by atoms with Crippen molar-refractivity contribution in [1.29, 1.82) is 10.5 Å². The van der Waals surface area contributed by atoms with Crippen LogP contribution in [0.2, 0.25) is 0 Å². The first-order chi connectivity index (χ1) is 53.9. The van der Waals surface area contributed by atoms with Crippen molar-refractivity contribution in [1.82, 2.24) is 37.0 Å². The summed E-state index contributed by atoms with van der Waals surface area (Å²) in [7, 11) is -0.408. The van der Waals surface area contributed by atoms with Crippen LogP contribution in [0.25, 0.3) is 177 Å². The molecule has 110 heavy (non-hydrogen) atoms. The molecule has 1 aliphatic heterocycles. The first-order valence-electron chi connectivity index (χ1n) is 36.6. The minimum Gasteiger partial charge on any atom is -0.456 e. The number of benzene rings is 14. The van der Waals surface area contributed by atoms with Crippen molar-refractivity contribution in [2.45, 2.75) is 38.9 Å². The van der Waals surface area contributed by atoms with Gasteiger partial charge in [-0.15, -0.1) is 0 Å². The third-order valence-electron chi connectivity index (χ3n) is 22.4. The molecule has 0 atom stereocenters. The monoisotopic (exact) mass is 1480 g/mol. The fraction of sp³-hybridized carbons (Fsp3) is 0.0638. The van der Waals surface area contributed by atoms with Crippen LogP contribution < -0.4 is 5.46 Å². The molecular weight excluding hydrogens is 1420 g/mol. The van der Waals surface area contributed by atoms with Gasteiger partial charge in [0, 0.05) is 64.5 Å². The standard InChI is InChI=1S/C44H25N5O.C30H26BNO3.C20H11BrN4/c45-26-28-10-9-13-30(43(28)49-40-19-8-7-18-39(40)48-38-17-6-3-14-35(38)46-44(48)49)27-20-22-41-33(24-27)34-25-29(21-23-42(34)50-41)47-36-15-4-1-11-31(36)32-12-2-5-16-37(32)47;1-29(2)30(3,4)35-31(34-29)19-13-15-27-23(17-19)24-18-20(14-16-28(24)33-27)32-25-11-7-5-9-21(25)22-10-6-8-12-26(22)32;21-14-7-5-6-13(12-22)19(14)25-18-11-4-3-10-17(18)24-16-9-2-1-8-15(16)23-20(24)25/h1-25H;5-18H,1-4H3;1-11H. The van der Waals surface area contributed by atoms with E-state index in [1.54, 1.807) is 0 Å². The molecule has 14 aromatic carbocycles. The third kappa shape index (κ3) is 9.80. The van der Waals surface area contributed by atoms with Gasteiger partial charge in [0.15, 0.2) is 0 Å². The van der Waals surface area contributed by atoms with Gasteiger partial charge in [-0.25, -0.2) is 9.97 Å². The lowest BCUT2D eigenvalue weighted by atomic mass is 9.78. The lowest BCUT2D eigenvalue weighted by molar-refractivity contribution is 0.00578. The van der Waals surface area contributed by atoms with Gasteiger partial charge in [0.05, 0.1) is 99.9 Å². The molecule has 522 valence electrons. The number of furan rings is 2. The van der Waals surface area contributed by atoms with Crippen LogP contribution >= 0.6 is 15.9 Å². The number of nitriles is 2. The Hall–Kier alpha value is -13.7. The molecule has 8 aromatic heterocycles. The van der Waals surface area contributed by atoms with E-state index in [1.165, 1.54) is 32.6 Å². The number of hydrogen-bond donors (Lipinski definition) is 0. The Kier molecular flexibility index (Phi) is 14.5. The molecule has 22 aromatic rings. The van der Waals surface area contributed by atoms with Gasteiger partial charge < -0.3 is 27.3 Å². The Balaban J connectivity index is 0.000000112. The first-order valence-corrected chi connectivity index (χ1v) is 37.4. The Morgan fingerprint density at radius 2 is 0.709 bits per heavy atom. The van der Waals surface area contributed by atoms with Crippen LogP contribution in [-0.4, -0.2) is 55.4 Å². The van der Waals surface area contributed by atoms with Crippen molar-refractivity contribution in [2.75, 3.05) is 0 Å². The Bertz CT molecular complexity index is 7590. The summed E-state index contributed by atoms with van der Waals surface area (Å²) >= 11 is 3.62. The molecule has 0 unspecified atom stereocenters. The highest BCUT2D eigenvalue weighted by molar-refractivity contribution is 9.10. The SMILES string of the molecule is CC1(C)OB(c2ccc3oc4ccc(-n5c6ccccc6c6ccccc65)cc4c3c2)OC1(C)C.N#Cc1cccc(-c2ccc3oc4ccc(-n5c6ccccc6c6ccccc65)cc4c3c2)c1-n1c2ccccc2n2c3ccccc3nc12.N#Cc1cccc(Br)c1-n1c2ccccc2n2c3ccccc3nc12. The molecule has 0 radical (unpaired) electrons. The molecule has 0 bridgehead atoms. The molecule has 14 nitrogen and oxygen atoms in total. The van der Waals surface area contributed by atoms with Crippen molar-refractivity contribution < 1.29 is 18.1 Å². The predicted octanol–water partition coefficient (Wildman–Crippen LogP) is 23.0. The summed E-state index contributed by atoms with van der Waals surface area (Å²) in [6.07, 6.45) is 0. The molecule has 0 spiro atoms. The van der Waals surface area contributed by atoms with E-state index in [9.17, 15) is 10.5 Å². The van der Waals surface area contributed by atoms with Crippen molar-refractivity contribution in [3.05, 3.63) is 319 Å². The zero-order valence-corrected chi connectivity index (χ0v) is 61.5. The van der Waals surface area contributed by atoms with E-state index in [2.05, 4.69) is 277 Å².